The Bertz CT molecular complexity index is 976. The van der Waals surface area contributed by atoms with Gasteiger partial charge in [-0.25, -0.2) is 4.99 Å². The van der Waals surface area contributed by atoms with E-state index in [1.165, 1.54) is 7.11 Å². The summed E-state index contributed by atoms with van der Waals surface area (Å²) in [5.41, 5.74) is 3.00. The molecule has 3 rings (SSSR count). The molecule has 2 N–H and O–H groups in total. The number of nitrogens with one attached hydrogen (secondary N) is 1. The second kappa shape index (κ2) is 12.1. The van der Waals surface area contributed by atoms with Crippen LogP contribution in [0.5, 0.6) is 0 Å². The number of nitrogens with zero attached hydrogens (tertiary/aromatic N) is 2. The number of aliphatic imine (C=N–C) groups is 2. The quantitative estimate of drug-likeness (QED) is 0.455. The van der Waals surface area contributed by atoms with E-state index in [9.17, 15) is 9.90 Å². The molecular weight excluding hydrogens is 438 g/mol. The number of aliphatic hydroxyl groups is 1. The third kappa shape index (κ3) is 6.73. The summed E-state index contributed by atoms with van der Waals surface area (Å²) in [7, 11) is 1.42. The van der Waals surface area contributed by atoms with Crippen LogP contribution in [0.3, 0.4) is 0 Å². The summed E-state index contributed by atoms with van der Waals surface area (Å²) in [5.74, 6) is -0.600. The molecule has 176 valence electrons. The minimum atomic E-state index is -0.631. The van der Waals surface area contributed by atoms with Gasteiger partial charge in [0.25, 0.3) is 0 Å². The lowest BCUT2D eigenvalue weighted by Gasteiger charge is -2.23. The molecule has 1 aliphatic rings. The molecule has 0 saturated heterocycles. The first-order valence-corrected chi connectivity index (χ1v) is 11.7. The predicted molar refractivity (Wildman–Crippen MR) is 133 cm³/mol. The molecule has 7 heteroatoms. The number of carbonyl (C=O) groups excluding carboxylic acids is 1. The number of rotatable bonds is 12. The molecule has 0 spiro atoms. The summed E-state index contributed by atoms with van der Waals surface area (Å²) in [6, 6.07) is 18.0. The van der Waals surface area contributed by atoms with Crippen molar-refractivity contribution in [2.24, 2.45) is 9.98 Å². The van der Waals surface area contributed by atoms with Gasteiger partial charge in [0.1, 0.15) is 10.9 Å². The van der Waals surface area contributed by atoms with Crippen LogP contribution in [0.1, 0.15) is 48.8 Å². The number of hydrogen-bond acceptors (Lipinski definition) is 6. The summed E-state index contributed by atoms with van der Waals surface area (Å²) in [4.78, 5) is 21.5. The van der Waals surface area contributed by atoms with Crippen molar-refractivity contribution < 1.29 is 14.6 Å². The third-order valence-corrected chi connectivity index (χ3v) is 6.15. The lowest BCUT2D eigenvalue weighted by Crippen LogP contribution is -2.27. The summed E-state index contributed by atoms with van der Waals surface area (Å²) in [6.07, 6.45) is 3.46. The zero-order valence-corrected chi connectivity index (χ0v) is 20.0. The Kier molecular flexibility index (Phi) is 9.18. The lowest BCUT2D eigenvalue weighted by molar-refractivity contribution is -0.142. The summed E-state index contributed by atoms with van der Waals surface area (Å²) < 4.78 is 4.98. The molecule has 2 aromatic carbocycles. The Labute approximate surface area is 200 Å². The van der Waals surface area contributed by atoms with Gasteiger partial charge in [-0.2, -0.15) is 0 Å². The highest BCUT2D eigenvalue weighted by atomic mass is 35.5. The number of unbranched alkanes of at least 4 members (excludes halogenated alkanes) is 1. The fourth-order valence-electron chi connectivity index (χ4n) is 4.04. The van der Waals surface area contributed by atoms with Crippen molar-refractivity contribution >= 4 is 28.5 Å². The molecule has 0 aliphatic carbocycles. The Morgan fingerprint density at radius 2 is 1.82 bits per heavy atom. The molecule has 1 aliphatic heterocycles. The largest absolute Gasteiger partial charge is 0.469 e. The van der Waals surface area contributed by atoms with Crippen LogP contribution in [0.25, 0.3) is 0 Å². The van der Waals surface area contributed by atoms with Crippen molar-refractivity contribution in [2.45, 2.75) is 50.7 Å². The van der Waals surface area contributed by atoms with Gasteiger partial charge in [-0.1, -0.05) is 79.5 Å². The first-order chi connectivity index (χ1) is 16.0. The normalized spacial score (nSPS) is 18.5. The third-order valence-electron chi connectivity index (χ3n) is 5.84. The van der Waals surface area contributed by atoms with Crippen molar-refractivity contribution in [1.29, 1.82) is 0 Å². The molecule has 0 amide bonds. The van der Waals surface area contributed by atoms with E-state index < -0.39 is 5.66 Å². The van der Waals surface area contributed by atoms with Crippen molar-refractivity contribution in [1.82, 2.24) is 5.32 Å². The molecule has 2 aromatic rings. The highest BCUT2D eigenvalue weighted by Crippen LogP contribution is 2.31. The van der Waals surface area contributed by atoms with Gasteiger partial charge in [-0.3, -0.25) is 9.79 Å². The zero-order valence-electron chi connectivity index (χ0n) is 19.3. The molecule has 1 heterocycles. The van der Waals surface area contributed by atoms with E-state index in [0.29, 0.717) is 30.4 Å². The van der Waals surface area contributed by atoms with Gasteiger partial charge >= 0.3 is 5.97 Å². The Morgan fingerprint density at radius 3 is 2.42 bits per heavy atom. The molecule has 0 saturated carbocycles. The monoisotopic (exact) mass is 469 g/mol. The topological polar surface area (TPSA) is 83.3 Å². The van der Waals surface area contributed by atoms with E-state index >= 15 is 0 Å². The van der Waals surface area contributed by atoms with E-state index in [-0.39, 0.29) is 18.5 Å². The minimum Gasteiger partial charge on any atom is -0.469 e. The number of esters is 1. The Morgan fingerprint density at radius 1 is 1.12 bits per heavy atom. The number of methoxy groups -OCH3 is 1. The van der Waals surface area contributed by atoms with E-state index in [1.807, 2.05) is 30.3 Å². The van der Waals surface area contributed by atoms with E-state index in [4.69, 9.17) is 16.3 Å². The van der Waals surface area contributed by atoms with Gasteiger partial charge in [0.2, 0.25) is 0 Å². The summed E-state index contributed by atoms with van der Waals surface area (Å²) in [6.45, 7) is 3.06. The van der Waals surface area contributed by atoms with Crippen LogP contribution in [0, 0.1) is 0 Å². The lowest BCUT2D eigenvalue weighted by atomic mass is 9.94. The standard InChI is InChI=1S/C26H32ClN3O3/c1-3-4-14-26(29-23(18-31)24(27)30-26)15-19-10-12-20(13-11-19)16-28-17-22(25(32)33-2)21-8-6-5-7-9-21/h5-13,22,28,31H,3-4,14-18H2,1-2H3/t22-,26?/m0/s1. The average molecular weight is 470 g/mol. The van der Waals surface area contributed by atoms with Gasteiger partial charge < -0.3 is 15.2 Å². The molecule has 2 atom stereocenters. The Balaban J connectivity index is 1.62. The van der Waals surface area contributed by atoms with Crippen molar-refractivity contribution in [3.05, 3.63) is 71.3 Å². The molecule has 6 nitrogen and oxygen atoms in total. The second-order valence-electron chi connectivity index (χ2n) is 8.32. The Hall–Kier alpha value is -2.54. The van der Waals surface area contributed by atoms with Crippen molar-refractivity contribution in [2.75, 3.05) is 20.3 Å². The maximum atomic E-state index is 12.2. The van der Waals surface area contributed by atoms with E-state index in [2.05, 4.69) is 46.5 Å². The smallest absolute Gasteiger partial charge is 0.314 e. The van der Waals surface area contributed by atoms with E-state index in [0.717, 1.165) is 36.0 Å². The molecule has 33 heavy (non-hydrogen) atoms. The van der Waals surface area contributed by atoms with Crippen LogP contribution in [-0.2, 0) is 22.5 Å². The van der Waals surface area contributed by atoms with Gasteiger partial charge in [-0.15, -0.1) is 0 Å². The van der Waals surface area contributed by atoms with Crippen LogP contribution in [-0.4, -0.2) is 47.9 Å². The fourth-order valence-corrected chi connectivity index (χ4v) is 4.30. The number of aliphatic hydroxyl groups excluding tert-OH is 1. The molecule has 0 fully saturated rings. The average Bonchev–Trinajstić information content (AvgIpc) is 3.16. The number of halogens is 1. The minimum absolute atomic E-state index is 0.198. The van der Waals surface area contributed by atoms with Crippen LogP contribution < -0.4 is 5.32 Å². The second-order valence-corrected chi connectivity index (χ2v) is 8.67. The first-order valence-electron chi connectivity index (χ1n) is 11.4. The molecule has 0 radical (unpaired) electrons. The van der Waals surface area contributed by atoms with Crippen LogP contribution in [0.4, 0.5) is 0 Å². The van der Waals surface area contributed by atoms with Crippen molar-refractivity contribution in [3.8, 4) is 0 Å². The predicted octanol–water partition coefficient (Wildman–Crippen LogP) is 4.25. The van der Waals surface area contributed by atoms with Crippen LogP contribution in [0.2, 0.25) is 0 Å². The number of hydrogen-bond donors (Lipinski definition) is 2. The molecule has 0 bridgehead atoms. The summed E-state index contributed by atoms with van der Waals surface area (Å²) in [5, 5.41) is 13.2. The maximum absolute atomic E-state index is 12.2. The number of ether oxygens (including phenoxy) is 1. The van der Waals surface area contributed by atoms with Gasteiger partial charge in [-0.05, 0) is 29.5 Å². The zero-order chi connectivity index (χ0) is 23.7. The molecule has 1 unspecified atom stereocenters. The van der Waals surface area contributed by atoms with Crippen LogP contribution >= 0.6 is 11.6 Å². The highest BCUT2D eigenvalue weighted by Gasteiger charge is 2.35. The van der Waals surface area contributed by atoms with Gasteiger partial charge in [0.05, 0.1) is 19.6 Å². The molecule has 0 aromatic heterocycles. The van der Waals surface area contributed by atoms with Gasteiger partial charge in [0, 0.05) is 19.5 Å². The SMILES string of the molecule is CCCCC1(Cc2ccc(CNC[C@H](C(=O)OC)c3ccccc3)cc2)N=C(Cl)C(CO)=N1. The first kappa shape index (κ1) is 25.1. The number of carbonyl (C=O) groups is 1. The van der Waals surface area contributed by atoms with E-state index in [1.54, 1.807) is 0 Å². The maximum Gasteiger partial charge on any atom is 0.314 e. The fraction of sp³-hybridized carbons (Fsp3) is 0.423. The van der Waals surface area contributed by atoms with Crippen molar-refractivity contribution in [3.63, 3.8) is 0 Å². The molecular formula is C26H32ClN3O3. The van der Waals surface area contributed by atoms with Gasteiger partial charge in [0.15, 0.2) is 5.66 Å². The summed E-state index contributed by atoms with van der Waals surface area (Å²) >= 11 is 6.21. The number of benzene rings is 2. The highest BCUT2D eigenvalue weighted by molar-refractivity contribution is 6.84. The van der Waals surface area contributed by atoms with Crippen LogP contribution in [0.15, 0.2) is 64.6 Å².